The van der Waals surface area contributed by atoms with E-state index in [-0.39, 0.29) is 16.3 Å². The molecule has 3 aromatic rings. The number of primary amides is 1. The van der Waals surface area contributed by atoms with E-state index in [1.54, 1.807) is 18.2 Å². The van der Waals surface area contributed by atoms with Gasteiger partial charge in [-0.15, -0.1) is 11.3 Å². The summed E-state index contributed by atoms with van der Waals surface area (Å²) in [5.74, 6) is -0.329. The van der Waals surface area contributed by atoms with E-state index in [2.05, 4.69) is 4.98 Å². The topological polar surface area (TPSA) is 142 Å². The molecule has 0 spiro atoms. The van der Waals surface area contributed by atoms with Gasteiger partial charge >= 0.3 is 0 Å². The number of carbonyl (C=O) groups excluding carboxylic acids is 1. The highest BCUT2D eigenvalue weighted by molar-refractivity contribution is 7.89. The molecule has 0 aliphatic carbocycles. The molecule has 118 valence electrons. The molecular weight excluding hydrogens is 336 g/mol. The van der Waals surface area contributed by atoms with Crippen LogP contribution in [0.1, 0.15) is 10.4 Å². The van der Waals surface area contributed by atoms with Crippen molar-refractivity contribution in [2.45, 2.75) is 4.90 Å². The number of sulfonamides is 1. The van der Waals surface area contributed by atoms with E-state index in [1.165, 1.54) is 29.7 Å². The minimum Gasteiger partial charge on any atom is -0.383 e. The van der Waals surface area contributed by atoms with Gasteiger partial charge in [-0.1, -0.05) is 12.1 Å². The van der Waals surface area contributed by atoms with Crippen molar-refractivity contribution in [1.29, 1.82) is 0 Å². The highest BCUT2D eigenvalue weighted by Crippen LogP contribution is 2.37. The monoisotopic (exact) mass is 348 g/mol. The highest BCUT2D eigenvalue weighted by Gasteiger charge is 2.16. The molecule has 0 saturated carbocycles. The molecule has 1 amide bonds. The molecule has 0 bridgehead atoms. The van der Waals surface area contributed by atoms with Crippen molar-refractivity contribution in [3.8, 4) is 10.4 Å². The number of amides is 1. The molecule has 0 aliphatic heterocycles. The smallest absolute Gasteiger partial charge is 0.251 e. The van der Waals surface area contributed by atoms with Crippen molar-refractivity contribution in [2.75, 3.05) is 5.73 Å². The highest BCUT2D eigenvalue weighted by atomic mass is 32.2. The Balaban J connectivity index is 2.24. The van der Waals surface area contributed by atoms with Gasteiger partial charge in [0.1, 0.15) is 5.82 Å². The van der Waals surface area contributed by atoms with Crippen LogP contribution in [0.2, 0.25) is 0 Å². The Bertz CT molecular complexity index is 1040. The summed E-state index contributed by atoms with van der Waals surface area (Å²) in [6, 6.07) is 7.96. The molecule has 23 heavy (non-hydrogen) atoms. The van der Waals surface area contributed by atoms with E-state index < -0.39 is 15.9 Å². The van der Waals surface area contributed by atoms with E-state index in [9.17, 15) is 13.2 Å². The summed E-state index contributed by atoms with van der Waals surface area (Å²) in [7, 11) is -3.80. The lowest BCUT2D eigenvalue weighted by molar-refractivity contribution is 0.100. The number of benzene rings is 1. The lowest BCUT2D eigenvalue weighted by atomic mass is 10.1. The third-order valence-electron chi connectivity index (χ3n) is 3.30. The van der Waals surface area contributed by atoms with Crippen LogP contribution in [-0.4, -0.2) is 19.3 Å². The average Bonchev–Trinajstić information content (AvgIpc) is 2.92. The second-order valence-corrected chi connectivity index (χ2v) is 7.46. The number of rotatable bonds is 3. The zero-order chi connectivity index (χ0) is 16.8. The Kier molecular flexibility index (Phi) is 3.55. The number of thiophene rings is 1. The van der Waals surface area contributed by atoms with Crippen LogP contribution in [0.15, 0.2) is 41.4 Å². The molecule has 0 saturated heterocycles. The maximum Gasteiger partial charge on any atom is 0.251 e. The molecule has 3 rings (SSSR count). The lowest BCUT2D eigenvalue weighted by Gasteiger charge is -2.01. The number of primary sulfonamides is 1. The summed E-state index contributed by atoms with van der Waals surface area (Å²) in [4.78, 5) is 16.2. The van der Waals surface area contributed by atoms with Crippen molar-refractivity contribution in [3.63, 3.8) is 0 Å². The maximum absolute atomic E-state index is 11.5. The van der Waals surface area contributed by atoms with Gasteiger partial charge < -0.3 is 11.5 Å². The molecule has 0 radical (unpaired) electrons. The number of aromatic nitrogens is 1. The van der Waals surface area contributed by atoms with Crippen LogP contribution in [0.5, 0.6) is 0 Å². The van der Waals surface area contributed by atoms with Crippen LogP contribution < -0.4 is 16.6 Å². The quantitative estimate of drug-likeness (QED) is 0.653. The van der Waals surface area contributed by atoms with E-state index in [0.717, 1.165) is 4.88 Å². The van der Waals surface area contributed by atoms with E-state index >= 15 is 0 Å². The van der Waals surface area contributed by atoms with Crippen molar-refractivity contribution in [2.24, 2.45) is 10.9 Å². The zero-order valence-corrected chi connectivity index (χ0v) is 13.3. The molecule has 0 aliphatic rings. The Morgan fingerprint density at radius 3 is 2.61 bits per heavy atom. The molecule has 0 fully saturated rings. The van der Waals surface area contributed by atoms with E-state index in [1.807, 2.05) is 0 Å². The zero-order valence-electron chi connectivity index (χ0n) is 11.7. The van der Waals surface area contributed by atoms with Gasteiger partial charge in [-0.25, -0.2) is 18.5 Å². The van der Waals surface area contributed by atoms with Crippen LogP contribution in [0, 0.1) is 0 Å². The number of nitrogens with two attached hydrogens (primary N) is 3. The number of anilines is 1. The summed E-state index contributed by atoms with van der Waals surface area (Å²) in [5.41, 5.74) is 12.1. The van der Waals surface area contributed by atoms with Gasteiger partial charge in [0.25, 0.3) is 5.91 Å². The maximum atomic E-state index is 11.5. The first-order valence-electron chi connectivity index (χ1n) is 6.38. The average molecular weight is 348 g/mol. The van der Waals surface area contributed by atoms with Crippen molar-refractivity contribution < 1.29 is 13.2 Å². The van der Waals surface area contributed by atoms with Crippen LogP contribution >= 0.6 is 11.3 Å². The molecule has 6 N–H and O–H groups in total. The Labute approximate surface area is 135 Å². The van der Waals surface area contributed by atoms with Gasteiger partial charge in [-0.2, -0.15) is 0 Å². The van der Waals surface area contributed by atoms with Crippen LogP contribution in [0.25, 0.3) is 20.5 Å². The summed E-state index contributed by atoms with van der Waals surface area (Å²) in [5, 5.41) is 5.75. The number of fused-ring (bicyclic) bond motifs is 1. The molecule has 9 heteroatoms. The number of pyridine rings is 1. The number of hydrogen-bond donors (Lipinski definition) is 3. The number of nitrogen functional groups attached to an aromatic ring is 1. The molecule has 1 aromatic carbocycles. The largest absolute Gasteiger partial charge is 0.383 e. The first kappa shape index (κ1) is 15.4. The third-order valence-corrected chi connectivity index (χ3v) is 5.43. The Morgan fingerprint density at radius 1 is 1.22 bits per heavy atom. The fourth-order valence-electron chi connectivity index (χ4n) is 2.19. The van der Waals surface area contributed by atoms with Gasteiger partial charge in [0.2, 0.25) is 10.0 Å². The summed E-state index contributed by atoms with van der Waals surface area (Å²) in [6.45, 7) is 0. The fraction of sp³-hybridized carbons (Fsp3) is 0. The van der Waals surface area contributed by atoms with E-state index in [4.69, 9.17) is 16.6 Å². The second-order valence-electron chi connectivity index (χ2n) is 4.85. The predicted octanol–water partition coefficient (Wildman–Crippen LogP) is 1.29. The molecule has 0 atom stereocenters. The molecule has 0 unspecified atom stereocenters. The van der Waals surface area contributed by atoms with Gasteiger partial charge in [-0.05, 0) is 23.8 Å². The van der Waals surface area contributed by atoms with Gasteiger partial charge in [0, 0.05) is 16.5 Å². The fourth-order valence-corrected chi connectivity index (χ4v) is 3.93. The SMILES string of the molecule is NC(=O)c1cnc(N)c2cc(-c3cccc(S(N)(=O)=O)c3)sc12. The third kappa shape index (κ3) is 2.77. The normalized spacial score (nSPS) is 11.7. The number of carbonyl (C=O) groups is 1. The van der Waals surface area contributed by atoms with Crippen molar-refractivity contribution in [1.82, 2.24) is 4.98 Å². The summed E-state index contributed by atoms with van der Waals surface area (Å²) in [6.07, 6.45) is 1.33. The second kappa shape index (κ2) is 5.30. The van der Waals surface area contributed by atoms with Crippen molar-refractivity contribution in [3.05, 3.63) is 42.1 Å². The van der Waals surface area contributed by atoms with Crippen molar-refractivity contribution >= 4 is 43.2 Å². The predicted molar refractivity (Wildman–Crippen MR) is 89.4 cm³/mol. The number of nitrogens with zero attached hydrogens (tertiary/aromatic N) is 1. The van der Waals surface area contributed by atoms with E-state index in [0.29, 0.717) is 15.6 Å². The molecule has 2 aromatic heterocycles. The molecule has 2 heterocycles. The Hall–Kier alpha value is -2.49. The minimum atomic E-state index is -3.80. The summed E-state index contributed by atoms with van der Waals surface area (Å²) >= 11 is 1.28. The molecular formula is C14H12N4O3S2. The standard InChI is InChI=1S/C14H12N4O3S2/c15-13-9-5-11(22-12(9)10(6-18-13)14(16)19)7-2-1-3-8(4-7)23(17,20)21/h1-6H,(H2,15,18)(H2,16,19)(H2,17,20,21). The lowest BCUT2D eigenvalue weighted by Crippen LogP contribution is -2.11. The van der Waals surface area contributed by atoms with Gasteiger partial charge in [-0.3, -0.25) is 4.79 Å². The first-order chi connectivity index (χ1) is 10.8. The Morgan fingerprint density at radius 2 is 1.96 bits per heavy atom. The van der Waals surface area contributed by atoms with Gasteiger partial charge in [0.05, 0.1) is 15.2 Å². The first-order valence-corrected chi connectivity index (χ1v) is 8.74. The number of hydrogen-bond acceptors (Lipinski definition) is 6. The molecule has 7 nitrogen and oxygen atoms in total. The summed E-state index contributed by atoms with van der Waals surface area (Å²) < 4.78 is 23.6. The van der Waals surface area contributed by atoms with Crippen LogP contribution in [0.3, 0.4) is 0 Å². The van der Waals surface area contributed by atoms with Crippen LogP contribution in [-0.2, 0) is 10.0 Å². The minimum absolute atomic E-state index is 0.00803. The van der Waals surface area contributed by atoms with Gasteiger partial charge in [0.15, 0.2) is 0 Å². The van der Waals surface area contributed by atoms with Crippen LogP contribution in [0.4, 0.5) is 5.82 Å².